The van der Waals surface area contributed by atoms with E-state index in [-0.39, 0.29) is 6.04 Å². The van der Waals surface area contributed by atoms with Gasteiger partial charge in [-0.05, 0) is 31.2 Å². The van der Waals surface area contributed by atoms with E-state index in [2.05, 4.69) is 17.2 Å². The molecule has 1 atom stereocenters. The summed E-state index contributed by atoms with van der Waals surface area (Å²) in [6.45, 7) is 2.06. The summed E-state index contributed by atoms with van der Waals surface area (Å²) < 4.78 is 0.784. The molecule has 0 spiro atoms. The smallest absolute Gasteiger partial charge is 0.140 e. The van der Waals surface area contributed by atoms with Crippen molar-refractivity contribution >= 4 is 28.6 Å². The van der Waals surface area contributed by atoms with Crippen LogP contribution in [0.5, 0.6) is 0 Å². The van der Waals surface area contributed by atoms with Gasteiger partial charge >= 0.3 is 0 Å². The van der Waals surface area contributed by atoms with Gasteiger partial charge in [0, 0.05) is 4.88 Å². The quantitative estimate of drug-likeness (QED) is 0.915. The van der Waals surface area contributed by atoms with E-state index in [0.29, 0.717) is 5.69 Å². The second-order valence-corrected chi connectivity index (χ2v) is 5.30. The number of nitriles is 1. The van der Waals surface area contributed by atoms with Crippen LogP contribution in [0.1, 0.15) is 23.5 Å². The normalized spacial score (nSPS) is 11.8. The molecule has 0 radical (unpaired) electrons. The molecule has 1 unspecified atom stereocenters. The van der Waals surface area contributed by atoms with E-state index in [1.54, 1.807) is 23.6 Å². The minimum absolute atomic E-state index is 0.169. The van der Waals surface area contributed by atoms with Crippen LogP contribution < -0.4 is 5.32 Å². The van der Waals surface area contributed by atoms with E-state index in [1.165, 1.54) is 4.88 Å². The number of pyridine rings is 1. The fourth-order valence-corrected chi connectivity index (χ4v) is 2.49. The van der Waals surface area contributed by atoms with Gasteiger partial charge in [0.15, 0.2) is 0 Å². The predicted octanol–water partition coefficient (Wildman–Crippen LogP) is 3.84. The van der Waals surface area contributed by atoms with Crippen molar-refractivity contribution in [3.63, 3.8) is 0 Å². The topological polar surface area (TPSA) is 48.7 Å². The molecule has 0 aliphatic rings. The van der Waals surface area contributed by atoms with Gasteiger partial charge in [-0.25, -0.2) is 4.98 Å². The van der Waals surface area contributed by atoms with Gasteiger partial charge in [-0.2, -0.15) is 5.26 Å². The van der Waals surface area contributed by atoms with Crippen LogP contribution in [0.25, 0.3) is 0 Å². The second kappa shape index (κ2) is 5.17. The largest absolute Gasteiger partial charge is 0.376 e. The van der Waals surface area contributed by atoms with Crippen molar-refractivity contribution in [1.82, 2.24) is 4.98 Å². The zero-order chi connectivity index (χ0) is 12.3. The average molecular weight is 264 g/mol. The van der Waals surface area contributed by atoms with Crippen molar-refractivity contribution in [2.75, 3.05) is 5.32 Å². The highest BCUT2D eigenvalue weighted by molar-refractivity contribution is 7.16. The Balaban J connectivity index is 2.08. The molecular formula is C12H10ClN3S. The lowest BCUT2D eigenvalue weighted by Gasteiger charge is -2.12. The first kappa shape index (κ1) is 11.9. The Morgan fingerprint density at radius 3 is 2.76 bits per heavy atom. The van der Waals surface area contributed by atoms with Crippen molar-refractivity contribution in [2.24, 2.45) is 0 Å². The molecule has 3 nitrogen and oxygen atoms in total. The zero-order valence-corrected chi connectivity index (χ0v) is 10.7. The van der Waals surface area contributed by atoms with Crippen LogP contribution in [0.4, 0.5) is 5.69 Å². The van der Waals surface area contributed by atoms with Crippen LogP contribution in [0, 0.1) is 11.3 Å². The van der Waals surface area contributed by atoms with Crippen molar-refractivity contribution in [1.29, 1.82) is 5.26 Å². The van der Waals surface area contributed by atoms with Gasteiger partial charge in [-0.3, -0.25) is 0 Å². The van der Waals surface area contributed by atoms with Crippen molar-refractivity contribution in [2.45, 2.75) is 13.0 Å². The number of halogens is 1. The summed E-state index contributed by atoms with van der Waals surface area (Å²) >= 11 is 7.44. The van der Waals surface area contributed by atoms with Gasteiger partial charge in [0.05, 0.1) is 22.3 Å². The molecule has 1 N–H and O–H groups in total. The summed E-state index contributed by atoms with van der Waals surface area (Å²) in [6, 6.07) is 9.58. The molecule has 86 valence electrons. The van der Waals surface area contributed by atoms with Gasteiger partial charge in [-0.1, -0.05) is 11.6 Å². The van der Waals surface area contributed by atoms with E-state index in [4.69, 9.17) is 16.9 Å². The fourth-order valence-electron chi connectivity index (χ4n) is 1.43. The summed E-state index contributed by atoms with van der Waals surface area (Å²) in [5.74, 6) is 0. The molecule has 17 heavy (non-hydrogen) atoms. The zero-order valence-electron chi connectivity index (χ0n) is 9.14. The number of hydrogen-bond donors (Lipinski definition) is 1. The number of rotatable bonds is 3. The summed E-state index contributed by atoms with van der Waals surface area (Å²) in [5, 5.41) is 11.9. The van der Waals surface area contributed by atoms with Gasteiger partial charge in [0.25, 0.3) is 0 Å². The van der Waals surface area contributed by atoms with E-state index in [0.717, 1.165) is 10.0 Å². The average Bonchev–Trinajstić information content (AvgIpc) is 2.77. The number of hydrogen-bond acceptors (Lipinski definition) is 4. The maximum atomic E-state index is 8.65. The molecular weight excluding hydrogens is 254 g/mol. The van der Waals surface area contributed by atoms with E-state index in [9.17, 15) is 0 Å². The van der Waals surface area contributed by atoms with Crippen LogP contribution in [0.3, 0.4) is 0 Å². The van der Waals surface area contributed by atoms with E-state index in [1.807, 2.05) is 24.3 Å². The van der Waals surface area contributed by atoms with Gasteiger partial charge in [0.1, 0.15) is 11.8 Å². The van der Waals surface area contributed by atoms with Crippen LogP contribution in [0.15, 0.2) is 30.5 Å². The molecule has 0 aliphatic carbocycles. The van der Waals surface area contributed by atoms with Crippen molar-refractivity contribution < 1.29 is 0 Å². The van der Waals surface area contributed by atoms with Gasteiger partial charge < -0.3 is 5.32 Å². The van der Waals surface area contributed by atoms with Crippen LogP contribution >= 0.6 is 22.9 Å². The SMILES string of the molecule is CC(Nc1ccc(C#N)nc1)c1ccc(Cl)s1. The third-order valence-electron chi connectivity index (χ3n) is 2.28. The molecule has 2 aromatic rings. The highest BCUT2D eigenvalue weighted by Gasteiger charge is 2.08. The molecule has 0 aliphatic heterocycles. The lowest BCUT2D eigenvalue weighted by Crippen LogP contribution is -2.05. The van der Waals surface area contributed by atoms with E-state index < -0.39 is 0 Å². The fraction of sp³-hybridized carbons (Fsp3) is 0.167. The third-order valence-corrected chi connectivity index (χ3v) is 3.70. The molecule has 0 saturated heterocycles. The minimum atomic E-state index is 0.169. The number of thiophene rings is 1. The number of nitrogens with zero attached hydrogens (tertiary/aromatic N) is 2. The van der Waals surface area contributed by atoms with Crippen LogP contribution in [-0.2, 0) is 0 Å². The first-order chi connectivity index (χ1) is 8.19. The minimum Gasteiger partial charge on any atom is -0.376 e. The lowest BCUT2D eigenvalue weighted by atomic mass is 10.2. The Morgan fingerprint density at radius 1 is 1.41 bits per heavy atom. The molecule has 0 bridgehead atoms. The number of anilines is 1. The Hall–Kier alpha value is -1.57. The molecule has 5 heteroatoms. The molecule has 2 rings (SSSR count). The maximum absolute atomic E-state index is 8.65. The summed E-state index contributed by atoms with van der Waals surface area (Å²) in [7, 11) is 0. The van der Waals surface area contributed by atoms with Gasteiger partial charge in [0.2, 0.25) is 0 Å². The Kier molecular flexibility index (Phi) is 3.62. The highest BCUT2D eigenvalue weighted by atomic mass is 35.5. The number of aromatic nitrogens is 1. The summed E-state index contributed by atoms with van der Waals surface area (Å²) in [5.41, 5.74) is 1.31. The third kappa shape index (κ3) is 2.96. The highest BCUT2D eigenvalue weighted by Crippen LogP contribution is 2.28. The molecule has 0 aromatic carbocycles. The standard InChI is InChI=1S/C12H10ClN3S/c1-8(11-4-5-12(13)17-11)16-10-3-2-9(6-14)15-7-10/h2-5,7-8,16H,1H3. The molecule has 0 fully saturated rings. The number of nitrogens with one attached hydrogen (secondary N) is 1. The first-order valence-electron chi connectivity index (χ1n) is 5.07. The van der Waals surface area contributed by atoms with E-state index >= 15 is 0 Å². The Morgan fingerprint density at radius 2 is 2.24 bits per heavy atom. The molecule has 0 amide bonds. The Bertz CT molecular complexity index is 542. The molecule has 2 heterocycles. The molecule has 0 saturated carbocycles. The monoisotopic (exact) mass is 263 g/mol. The molecule has 2 aromatic heterocycles. The predicted molar refractivity (Wildman–Crippen MR) is 70.3 cm³/mol. The summed E-state index contributed by atoms with van der Waals surface area (Å²) in [4.78, 5) is 5.17. The first-order valence-corrected chi connectivity index (χ1v) is 6.26. The Labute approximate surface area is 109 Å². The lowest BCUT2D eigenvalue weighted by molar-refractivity contribution is 0.905. The van der Waals surface area contributed by atoms with Crippen LogP contribution in [-0.4, -0.2) is 4.98 Å². The van der Waals surface area contributed by atoms with Crippen molar-refractivity contribution in [3.05, 3.63) is 45.4 Å². The van der Waals surface area contributed by atoms with Crippen molar-refractivity contribution in [3.8, 4) is 6.07 Å². The second-order valence-electron chi connectivity index (χ2n) is 3.55. The van der Waals surface area contributed by atoms with Crippen LogP contribution in [0.2, 0.25) is 4.34 Å². The van der Waals surface area contributed by atoms with Gasteiger partial charge in [-0.15, -0.1) is 11.3 Å². The maximum Gasteiger partial charge on any atom is 0.140 e. The summed E-state index contributed by atoms with van der Waals surface area (Å²) in [6.07, 6.45) is 1.66.